The standard InChI is InChI=1S/C17H24N4/c1-3-13-9-11-21(12-10-13)16-14-7-5-6-8-15(14)19-17(20-16)18-4-2/h5-8,13H,3-4,9-12H2,1-2H3,(H,18,19,20). The number of piperidine rings is 1. The highest BCUT2D eigenvalue weighted by molar-refractivity contribution is 5.90. The quantitative estimate of drug-likeness (QED) is 0.929. The van der Waals surface area contributed by atoms with Crippen LogP contribution in [0.1, 0.15) is 33.1 Å². The van der Waals surface area contributed by atoms with E-state index in [1.807, 2.05) is 6.07 Å². The summed E-state index contributed by atoms with van der Waals surface area (Å²) in [7, 11) is 0. The summed E-state index contributed by atoms with van der Waals surface area (Å²) in [4.78, 5) is 11.8. The van der Waals surface area contributed by atoms with Crippen molar-refractivity contribution >= 4 is 22.7 Å². The third-order valence-electron chi connectivity index (χ3n) is 4.41. The van der Waals surface area contributed by atoms with Crippen molar-refractivity contribution in [1.29, 1.82) is 0 Å². The zero-order valence-electron chi connectivity index (χ0n) is 13.0. The van der Waals surface area contributed by atoms with Crippen LogP contribution in [0.25, 0.3) is 10.9 Å². The molecule has 1 N–H and O–H groups in total. The molecule has 112 valence electrons. The van der Waals surface area contributed by atoms with E-state index in [9.17, 15) is 0 Å². The molecular weight excluding hydrogens is 260 g/mol. The molecule has 21 heavy (non-hydrogen) atoms. The van der Waals surface area contributed by atoms with Crippen molar-refractivity contribution in [1.82, 2.24) is 9.97 Å². The number of rotatable bonds is 4. The van der Waals surface area contributed by atoms with Gasteiger partial charge in [-0.1, -0.05) is 25.5 Å². The SMILES string of the molecule is CCNc1nc(N2CCC(CC)CC2)c2ccccc2n1. The second-order valence-corrected chi connectivity index (χ2v) is 5.76. The highest BCUT2D eigenvalue weighted by atomic mass is 15.2. The summed E-state index contributed by atoms with van der Waals surface area (Å²) >= 11 is 0. The lowest BCUT2D eigenvalue weighted by Gasteiger charge is -2.33. The van der Waals surface area contributed by atoms with E-state index in [2.05, 4.69) is 47.2 Å². The van der Waals surface area contributed by atoms with E-state index in [-0.39, 0.29) is 0 Å². The van der Waals surface area contributed by atoms with Gasteiger partial charge in [0.2, 0.25) is 5.95 Å². The molecule has 4 heteroatoms. The molecule has 1 aliphatic heterocycles. The van der Waals surface area contributed by atoms with E-state index in [1.165, 1.54) is 19.3 Å². The van der Waals surface area contributed by atoms with Gasteiger partial charge in [-0.15, -0.1) is 0 Å². The predicted molar refractivity (Wildman–Crippen MR) is 88.9 cm³/mol. The largest absolute Gasteiger partial charge is 0.356 e. The molecule has 0 bridgehead atoms. The maximum absolute atomic E-state index is 4.77. The van der Waals surface area contributed by atoms with Crippen LogP contribution in [0.2, 0.25) is 0 Å². The van der Waals surface area contributed by atoms with Gasteiger partial charge in [-0.05, 0) is 37.8 Å². The van der Waals surface area contributed by atoms with Crippen LogP contribution in [0.5, 0.6) is 0 Å². The van der Waals surface area contributed by atoms with Crippen molar-refractivity contribution in [2.45, 2.75) is 33.1 Å². The van der Waals surface area contributed by atoms with Crippen LogP contribution >= 0.6 is 0 Å². The summed E-state index contributed by atoms with van der Waals surface area (Å²) in [6.07, 6.45) is 3.83. The summed E-state index contributed by atoms with van der Waals surface area (Å²) in [5, 5.41) is 4.41. The minimum atomic E-state index is 0.740. The number of anilines is 2. The Labute approximate surface area is 126 Å². The Bertz CT molecular complexity index is 603. The number of nitrogens with one attached hydrogen (secondary N) is 1. The first kappa shape index (κ1) is 14.1. The lowest BCUT2D eigenvalue weighted by atomic mass is 9.94. The van der Waals surface area contributed by atoms with Gasteiger partial charge in [0.1, 0.15) is 5.82 Å². The molecule has 0 amide bonds. The molecule has 4 nitrogen and oxygen atoms in total. The summed E-state index contributed by atoms with van der Waals surface area (Å²) < 4.78 is 0. The lowest BCUT2D eigenvalue weighted by molar-refractivity contribution is 0.394. The summed E-state index contributed by atoms with van der Waals surface area (Å²) in [5.74, 6) is 2.71. The minimum Gasteiger partial charge on any atom is -0.356 e. The molecule has 1 aromatic carbocycles. The van der Waals surface area contributed by atoms with E-state index in [4.69, 9.17) is 4.98 Å². The maximum atomic E-state index is 4.77. The molecule has 2 aromatic rings. The Kier molecular flexibility index (Phi) is 4.23. The predicted octanol–water partition coefficient (Wildman–Crippen LogP) is 3.69. The Morgan fingerprint density at radius 3 is 2.62 bits per heavy atom. The highest BCUT2D eigenvalue weighted by Gasteiger charge is 2.21. The van der Waals surface area contributed by atoms with Crippen LogP contribution in [-0.2, 0) is 0 Å². The van der Waals surface area contributed by atoms with Crippen molar-refractivity contribution in [3.8, 4) is 0 Å². The first-order chi connectivity index (χ1) is 10.3. The Morgan fingerprint density at radius 2 is 1.90 bits per heavy atom. The second kappa shape index (κ2) is 6.29. The van der Waals surface area contributed by atoms with Crippen molar-refractivity contribution in [2.75, 3.05) is 29.9 Å². The van der Waals surface area contributed by atoms with Gasteiger partial charge in [0.25, 0.3) is 0 Å². The fraction of sp³-hybridized carbons (Fsp3) is 0.529. The lowest BCUT2D eigenvalue weighted by Crippen LogP contribution is -2.34. The Morgan fingerprint density at radius 1 is 1.14 bits per heavy atom. The molecule has 1 fully saturated rings. The highest BCUT2D eigenvalue weighted by Crippen LogP contribution is 2.29. The number of benzene rings is 1. The zero-order chi connectivity index (χ0) is 14.7. The summed E-state index contributed by atoms with van der Waals surface area (Å²) in [5.41, 5.74) is 1.02. The number of hydrogen-bond donors (Lipinski definition) is 1. The van der Waals surface area contributed by atoms with E-state index in [0.29, 0.717) is 0 Å². The van der Waals surface area contributed by atoms with Crippen molar-refractivity contribution in [3.63, 3.8) is 0 Å². The van der Waals surface area contributed by atoms with Crippen LogP contribution in [-0.4, -0.2) is 29.6 Å². The molecule has 0 radical (unpaired) electrons. The van der Waals surface area contributed by atoms with Crippen LogP contribution < -0.4 is 10.2 Å². The molecule has 0 unspecified atom stereocenters. The smallest absolute Gasteiger partial charge is 0.225 e. The van der Waals surface area contributed by atoms with E-state index < -0.39 is 0 Å². The number of nitrogens with zero attached hydrogens (tertiary/aromatic N) is 3. The Balaban J connectivity index is 1.96. The first-order valence-electron chi connectivity index (χ1n) is 8.07. The number of para-hydroxylation sites is 1. The number of aromatic nitrogens is 2. The number of hydrogen-bond acceptors (Lipinski definition) is 4. The van der Waals surface area contributed by atoms with Crippen LogP contribution in [0.15, 0.2) is 24.3 Å². The van der Waals surface area contributed by atoms with Crippen molar-refractivity contribution in [2.24, 2.45) is 5.92 Å². The molecular formula is C17H24N4. The van der Waals surface area contributed by atoms with Gasteiger partial charge in [0.05, 0.1) is 5.52 Å². The van der Waals surface area contributed by atoms with E-state index in [1.54, 1.807) is 0 Å². The average molecular weight is 284 g/mol. The topological polar surface area (TPSA) is 41.1 Å². The molecule has 0 aliphatic carbocycles. The second-order valence-electron chi connectivity index (χ2n) is 5.76. The third-order valence-corrected chi connectivity index (χ3v) is 4.41. The Hall–Kier alpha value is -1.84. The molecule has 1 saturated heterocycles. The fourth-order valence-electron chi connectivity index (χ4n) is 3.09. The molecule has 1 aliphatic rings. The molecule has 3 rings (SSSR count). The third kappa shape index (κ3) is 2.94. The number of fused-ring (bicyclic) bond motifs is 1. The first-order valence-corrected chi connectivity index (χ1v) is 8.07. The fourth-order valence-corrected chi connectivity index (χ4v) is 3.09. The van der Waals surface area contributed by atoms with Gasteiger partial charge in [-0.3, -0.25) is 0 Å². The van der Waals surface area contributed by atoms with Gasteiger partial charge in [0.15, 0.2) is 0 Å². The van der Waals surface area contributed by atoms with Gasteiger partial charge in [0, 0.05) is 25.0 Å². The average Bonchev–Trinajstić information content (AvgIpc) is 2.54. The van der Waals surface area contributed by atoms with Crippen LogP contribution in [0.4, 0.5) is 11.8 Å². The molecule has 1 aromatic heterocycles. The van der Waals surface area contributed by atoms with E-state index in [0.717, 1.165) is 48.2 Å². The molecule has 0 atom stereocenters. The van der Waals surface area contributed by atoms with Crippen LogP contribution in [0.3, 0.4) is 0 Å². The minimum absolute atomic E-state index is 0.740. The maximum Gasteiger partial charge on any atom is 0.225 e. The van der Waals surface area contributed by atoms with Crippen molar-refractivity contribution in [3.05, 3.63) is 24.3 Å². The zero-order valence-corrected chi connectivity index (χ0v) is 13.0. The van der Waals surface area contributed by atoms with Crippen molar-refractivity contribution < 1.29 is 0 Å². The summed E-state index contributed by atoms with van der Waals surface area (Å²) in [6.45, 7) is 7.42. The van der Waals surface area contributed by atoms with Crippen LogP contribution in [0, 0.1) is 5.92 Å². The normalized spacial score (nSPS) is 16.4. The monoisotopic (exact) mass is 284 g/mol. The van der Waals surface area contributed by atoms with Gasteiger partial charge < -0.3 is 10.2 Å². The molecule has 2 heterocycles. The molecule has 0 saturated carbocycles. The van der Waals surface area contributed by atoms with Gasteiger partial charge in [-0.2, -0.15) is 4.98 Å². The van der Waals surface area contributed by atoms with Gasteiger partial charge in [-0.25, -0.2) is 4.98 Å². The summed E-state index contributed by atoms with van der Waals surface area (Å²) in [6, 6.07) is 8.31. The molecule has 0 spiro atoms. The van der Waals surface area contributed by atoms with E-state index >= 15 is 0 Å². The van der Waals surface area contributed by atoms with Gasteiger partial charge >= 0.3 is 0 Å².